The van der Waals surface area contributed by atoms with Gasteiger partial charge in [0, 0.05) is 25.3 Å². The van der Waals surface area contributed by atoms with Crippen molar-refractivity contribution in [1.82, 2.24) is 10.2 Å². The first-order valence-electron chi connectivity index (χ1n) is 10.3. The summed E-state index contributed by atoms with van der Waals surface area (Å²) in [5.41, 5.74) is 1.15. The number of ether oxygens (including phenoxy) is 1. The maximum atomic E-state index is 13.5. The van der Waals surface area contributed by atoms with Crippen LogP contribution >= 0.6 is 0 Å². The van der Waals surface area contributed by atoms with E-state index in [1.165, 1.54) is 6.42 Å². The summed E-state index contributed by atoms with van der Waals surface area (Å²) in [5.74, 6) is -0.220. The molecule has 0 aromatic heterocycles. The normalized spacial score (nSPS) is 22.4. The Labute approximate surface area is 162 Å². The van der Waals surface area contributed by atoms with E-state index in [0.29, 0.717) is 18.7 Å². The van der Waals surface area contributed by atoms with Gasteiger partial charge in [-0.3, -0.25) is 9.59 Å². The highest BCUT2D eigenvalue weighted by molar-refractivity contribution is 6.02. The highest BCUT2D eigenvalue weighted by atomic mass is 16.5. The molecule has 1 N–H and O–H groups in total. The van der Waals surface area contributed by atoms with Crippen LogP contribution in [0.1, 0.15) is 74.2 Å². The third-order valence-electron chi connectivity index (χ3n) is 6.36. The summed E-state index contributed by atoms with van der Waals surface area (Å²) in [5, 5.41) is 3.06. The van der Waals surface area contributed by atoms with Crippen molar-refractivity contribution in [1.29, 1.82) is 0 Å². The van der Waals surface area contributed by atoms with Crippen molar-refractivity contribution in [2.75, 3.05) is 20.3 Å². The van der Waals surface area contributed by atoms with Crippen molar-refractivity contribution < 1.29 is 14.3 Å². The van der Waals surface area contributed by atoms with Crippen LogP contribution in [-0.4, -0.2) is 48.6 Å². The van der Waals surface area contributed by atoms with E-state index >= 15 is 0 Å². The zero-order valence-corrected chi connectivity index (χ0v) is 16.8. The molecule has 0 bridgehead atoms. The Bertz CT molecular complexity index is 682. The van der Waals surface area contributed by atoms with Crippen LogP contribution in [0.5, 0.6) is 0 Å². The predicted molar refractivity (Wildman–Crippen MR) is 106 cm³/mol. The summed E-state index contributed by atoms with van der Waals surface area (Å²) in [6.45, 7) is 5.20. The quantitative estimate of drug-likeness (QED) is 0.778. The molecule has 1 aromatic carbocycles. The average Bonchev–Trinajstić information content (AvgIpc) is 2.69. The van der Waals surface area contributed by atoms with E-state index < -0.39 is 5.54 Å². The Kier molecular flexibility index (Phi) is 6.20. The van der Waals surface area contributed by atoms with Gasteiger partial charge in [0.15, 0.2) is 0 Å². The minimum Gasteiger partial charge on any atom is -0.383 e. The first kappa shape index (κ1) is 19.9. The number of amides is 2. The molecule has 1 aromatic rings. The molecule has 5 nitrogen and oxygen atoms in total. The van der Waals surface area contributed by atoms with Crippen molar-refractivity contribution in [3.63, 3.8) is 0 Å². The smallest absolute Gasteiger partial charge is 0.254 e. The predicted octanol–water partition coefficient (Wildman–Crippen LogP) is 3.49. The first-order valence-corrected chi connectivity index (χ1v) is 10.3. The van der Waals surface area contributed by atoms with E-state index in [1.807, 2.05) is 24.3 Å². The van der Waals surface area contributed by atoms with E-state index in [4.69, 9.17) is 4.74 Å². The number of nitrogens with one attached hydrogen (secondary N) is 1. The Balaban J connectivity index is 2.11. The summed E-state index contributed by atoms with van der Waals surface area (Å²) < 4.78 is 5.10. The molecule has 0 saturated heterocycles. The van der Waals surface area contributed by atoms with Gasteiger partial charge in [0.05, 0.1) is 18.1 Å². The van der Waals surface area contributed by atoms with Crippen molar-refractivity contribution in [2.45, 2.75) is 69.9 Å². The van der Waals surface area contributed by atoms with Crippen LogP contribution in [0.4, 0.5) is 0 Å². The fourth-order valence-corrected chi connectivity index (χ4v) is 4.98. The second kappa shape index (κ2) is 8.42. The molecule has 1 aliphatic heterocycles. The summed E-state index contributed by atoms with van der Waals surface area (Å²) in [6, 6.07) is 7.79. The second-order valence-corrected chi connectivity index (χ2v) is 7.90. The molecule has 2 amide bonds. The summed E-state index contributed by atoms with van der Waals surface area (Å²) in [4.78, 5) is 28.9. The van der Waals surface area contributed by atoms with Gasteiger partial charge in [-0.1, -0.05) is 44.4 Å². The van der Waals surface area contributed by atoms with Gasteiger partial charge < -0.3 is 15.0 Å². The standard InChI is InChI=1S/C22H32N2O3/c1-4-16(2)24-21(26)18-11-7-6-10-17(18)19(20(25)23-14-15-27-3)22(24)12-8-5-9-13-22/h6-7,10-11,16,19H,4-5,8-9,12-15H2,1-3H3,(H,23,25)/t16-,19+/m0/s1. The molecule has 1 fully saturated rings. The lowest BCUT2D eigenvalue weighted by atomic mass is 9.64. The zero-order valence-electron chi connectivity index (χ0n) is 16.8. The maximum Gasteiger partial charge on any atom is 0.254 e. The van der Waals surface area contributed by atoms with Crippen molar-refractivity contribution in [3.8, 4) is 0 Å². The summed E-state index contributed by atoms with van der Waals surface area (Å²) in [7, 11) is 1.63. The van der Waals surface area contributed by atoms with Gasteiger partial charge in [0.2, 0.25) is 5.91 Å². The molecule has 3 rings (SSSR count). The first-order chi connectivity index (χ1) is 13.1. The highest BCUT2D eigenvalue weighted by Crippen LogP contribution is 2.50. The van der Waals surface area contributed by atoms with E-state index in [2.05, 4.69) is 24.1 Å². The Morgan fingerprint density at radius 3 is 2.67 bits per heavy atom. The number of nitrogens with zero attached hydrogens (tertiary/aromatic N) is 1. The Morgan fingerprint density at radius 2 is 2.00 bits per heavy atom. The van der Waals surface area contributed by atoms with Gasteiger partial charge in [-0.2, -0.15) is 0 Å². The fraction of sp³-hybridized carbons (Fsp3) is 0.636. The van der Waals surface area contributed by atoms with Crippen molar-refractivity contribution >= 4 is 11.8 Å². The van der Waals surface area contributed by atoms with Crippen LogP contribution in [0.2, 0.25) is 0 Å². The molecular formula is C22H32N2O3. The molecule has 2 atom stereocenters. The molecule has 1 heterocycles. The van der Waals surface area contributed by atoms with Gasteiger partial charge in [-0.05, 0) is 37.8 Å². The summed E-state index contributed by atoms with van der Waals surface area (Å²) >= 11 is 0. The molecule has 0 unspecified atom stereocenters. The van der Waals surface area contributed by atoms with Crippen LogP contribution in [-0.2, 0) is 9.53 Å². The third-order valence-corrected chi connectivity index (χ3v) is 6.36. The van der Waals surface area contributed by atoms with E-state index in [9.17, 15) is 9.59 Å². The van der Waals surface area contributed by atoms with Gasteiger partial charge >= 0.3 is 0 Å². The van der Waals surface area contributed by atoms with Gasteiger partial charge in [-0.15, -0.1) is 0 Å². The van der Waals surface area contributed by atoms with Crippen LogP contribution in [0, 0.1) is 0 Å². The largest absolute Gasteiger partial charge is 0.383 e. The van der Waals surface area contributed by atoms with Crippen LogP contribution < -0.4 is 5.32 Å². The van der Waals surface area contributed by atoms with Crippen LogP contribution in [0.3, 0.4) is 0 Å². The molecular weight excluding hydrogens is 340 g/mol. The van der Waals surface area contributed by atoms with E-state index in [-0.39, 0.29) is 23.8 Å². The monoisotopic (exact) mass is 372 g/mol. The summed E-state index contributed by atoms with van der Waals surface area (Å²) in [6.07, 6.45) is 5.95. The lowest BCUT2D eigenvalue weighted by Crippen LogP contribution is -2.64. The number of methoxy groups -OCH3 is 1. The highest BCUT2D eigenvalue weighted by Gasteiger charge is 2.55. The fourth-order valence-electron chi connectivity index (χ4n) is 4.98. The van der Waals surface area contributed by atoms with Gasteiger partial charge in [-0.25, -0.2) is 0 Å². The molecule has 27 heavy (non-hydrogen) atoms. The van der Waals surface area contributed by atoms with Crippen LogP contribution in [0.15, 0.2) is 24.3 Å². The molecule has 2 aliphatic rings. The SMILES string of the molecule is CC[C@H](C)N1C(=O)c2ccccc2[C@H](C(=O)NCCOC)C12CCCCC2. The average molecular weight is 373 g/mol. The molecule has 5 heteroatoms. The van der Waals surface area contributed by atoms with E-state index in [0.717, 1.165) is 37.7 Å². The molecule has 1 aliphatic carbocycles. The topological polar surface area (TPSA) is 58.6 Å². The minimum absolute atomic E-state index is 0.0159. The van der Waals surface area contributed by atoms with Crippen molar-refractivity contribution in [3.05, 3.63) is 35.4 Å². The van der Waals surface area contributed by atoms with Gasteiger partial charge in [0.25, 0.3) is 5.91 Å². The van der Waals surface area contributed by atoms with Gasteiger partial charge in [0.1, 0.15) is 0 Å². The number of hydrogen-bond acceptors (Lipinski definition) is 3. The number of fused-ring (bicyclic) bond motifs is 1. The molecule has 1 saturated carbocycles. The number of hydrogen-bond donors (Lipinski definition) is 1. The zero-order chi connectivity index (χ0) is 19.4. The number of benzene rings is 1. The maximum absolute atomic E-state index is 13.5. The van der Waals surface area contributed by atoms with Crippen molar-refractivity contribution in [2.24, 2.45) is 0 Å². The number of carbonyl (C=O) groups excluding carboxylic acids is 2. The minimum atomic E-state index is -0.420. The number of rotatable bonds is 6. The lowest BCUT2D eigenvalue weighted by Gasteiger charge is -2.55. The second-order valence-electron chi connectivity index (χ2n) is 7.90. The number of carbonyl (C=O) groups is 2. The van der Waals surface area contributed by atoms with Crippen LogP contribution in [0.25, 0.3) is 0 Å². The third kappa shape index (κ3) is 3.49. The molecule has 148 valence electrons. The molecule has 0 radical (unpaired) electrons. The Morgan fingerprint density at radius 1 is 1.30 bits per heavy atom. The Hall–Kier alpha value is -1.88. The lowest BCUT2D eigenvalue weighted by molar-refractivity contribution is -0.128. The molecule has 1 spiro atoms. The van der Waals surface area contributed by atoms with E-state index in [1.54, 1.807) is 7.11 Å².